The van der Waals surface area contributed by atoms with Gasteiger partial charge in [-0.05, 0) is 36.4 Å². The van der Waals surface area contributed by atoms with Crippen molar-refractivity contribution in [1.29, 1.82) is 0 Å². The van der Waals surface area contributed by atoms with Crippen LogP contribution in [-0.2, 0) is 6.54 Å². The Morgan fingerprint density at radius 1 is 1.03 bits per heavy atom. The van der Waals surface area contributed by atoms with E-state index in [2.05, 4.69) is 26.1 Å². The van der Waals surface area contributed by atoms with Crippen molar-refractivity contribution in [1.82, 2.24) is 24.9 Å². The normalized spacial score (nSPS) is 10.9. The number of fused-ring (bicyclic) bond motifs is 1. The van der Waals surface area contributed by atoms with E-state index in [-0.39, 0.29) is 18.0 Å². The zero-order chi connectivity index (χ0) is 22.8. The van der Waals surface area contributed by atoms with Gasteiger partial charge in [0.2, 0.25) is 0 Å². The first-order valence-electron chi connectivity index (χ1n) is 9.87. The average molecular weight is 443 g/mol. The zero-order valence-electron chi connectivity index (χ0n) is 17.1. The van der Waals surface area contributed by atoms with Gasteiger partial charge in [-0.1, -0.05) is 17.1 Å². The lowest BCUT2D eigenvalue weighted by Crippen LogP contribution is -2.04. The number of hydrogen-bond donors (Lipinski definition) is 0. The van der Waals surface area contributed by atoms with Crippen molar-refractivity contribution in [2.45, 2.75) is 6.54 Å². The number of halogens is 2. The summed E-state index contributed by atoms with van der Waals surface area (Å²) in [6.45, 7) is 0.497. The van der Waals surface area contributed by atoms with E-state index < -0.39 is 11.6 Å². The molecule has 0 fully saturated rings. The molecule has 2 aromatic carbocycles. The average Bonchev–Trinajstić information content (AvgIpc) is 3.47. The molecule has 3 aromatic rings. The lowest BCUT2D eigenvalue weighted by Gasteiger charge is -2.03. The summed E-state index contributed by atoms with van der Waals surface area (Å²) < 4.78 is 40.0. The summed E-state index contributed by atoms with van der Waals surface area (Å²) in [6, 6.07) is 13.0. The van der Waals surface area contributed by atoms with Crippen LogP contribution in [0.4, 0.5) is 8.78 Å². The lowest BCUT2D eigenvalue weighted by molar-refractivity contribution is 0.370. The van der Waals surface area contributed by atoms with Crippen LogP contribution in [0.15, 0.2) is 65.4 Å². The third kappa shape index (κ3) is 4.14. The molecule has 7 nitrogen and oxygen atoms in total. The standard InChI is InChI=1S/C24H15F2N5O2/c1-2-10-32-16-8-6-15(7-9-16)20-11-17(33-30-20)13-31-14-22-21(12-27-31)28-24(29-22)18-4-3-5-19(25)23(18)26/h1,3-9,11-12,14H,10,13H2. The van der Waals surface area contributed by atoms with Gasteiger partial charge in [0.05, 0.1) is 18.0 Å². The molecule has 0 saturated heterocycles. The van der Waals surface area contributed by atoms with E-state index in [1.54, 1.807) is 29.1 Å². The Labute approximate surface area is 187 Å². The van der Waals surface area contributed by atoms with Crippen molar-refractivity contribution >= 4 is 0 Å². The lowest BCUT2D eigenvalue weighted by atomic mass is 10.1. The predicted molar refractivity (Wildman–Crippen MR) is 115 cm³/mol. The SMILES string of the molecule is C#CCOc1ccc(-c2cc(Cn3cc4nc(-c5cccc(F)c5F)nc-4cn3)on2)cc1. The molecule has 2 aliphatic heterocycles. The fourth-order valence-corrected chi connectivity index (χ4v) is 3.27. The molecule has 0 N–H and O–H groups in total. The molecule has 0 amide bonds. The van der Waals surface area contributed by atoms with Crippen molar-refractivity contribution in [3.63, 3.8) is 0 Å². The van der Waals surface area contributed by atoms with Crippen LogP contribution in [0, 0.1) is 24.0 Å². The second kappa shape index (κ2) is 8.51. The molecule has 33 heavy (non-hydrogen) atoms. The fraction of sp³-hybridized carbons (Fsp3) is 0.0833. The molecular formula is C24H15F2N5O2. The largest absolute Gasteiger partial charge is 0.481 e. The van der Waals surface area contributed by atoms with Crippen LogP contribution >= 0.6 is 0 Å². The number of imidazole rings is 1. The van der Waals surface area contributed by atoms with Crippen LogP contribution in [0.25, 0.3) is 34.0 Å². The van der Waals surface area contributed by atoms with E-state index in [4.69, 9.17) is 15.7 Å². The minimum Gasteiger partial charge on any atom is -0.481 e. The maximum absolute atomic E-state index is 14.1. The second-order valence-electron chi connectivity index (χ2n) is 7.09. The van der Waals surface area contributed by atoms with E-state index in [9.17, 15) is 8.78 Å². The van der Waals surface area contributed by atoms with E-state index in [1.165, 1.54) is 18.3 Å². The van der Waals surface area contributed by atoms with Crippen molar-refractivity contribution in [3.8, 4) is 52.1 Å². The van der Waals surface area contributed by atoms with Crippen LogP contribution in [0.3, 0.4) is 0 Å². The first-order chi connectivity index (χ1) is 16.1. The molecule has 0 radical (unpaired) electrons. The van der Waals surface area contributed by atoms with Gasteiger partial charge in [0.25, 0.3) is 0 Å². The van der Waals surface area contributed by atoms with Crippen molar-refractivity contribution in [3.05, 3.63) is 78.3 Å². The monoisotopic (exact) mass is 443 g/mol. The molecule has 5 rings (SSSR count). The zero-order valence-corrected chi connectivity index (χ0v) is 17.1. The molecule has 0 unspecified atom stereocenters. The Bertz CT molecular complexity index is 1440. The van der Waals surface area contributed by atoms with Gasteiger partial charge in [-0.15, -0.1) is 6.42 Å². The number of hydrogen-bond acceptors (Lipinski definition) is 6. The number of benzene rings is 2. The Kier molecular flexibility index (Phi) is 5.24. The first kappa shape index (κ1) is 20.3. The molecule has 0 atom stereocenters. The highest BCUT2D eigenvalue weighted by molar-refractivity contribution is 5.65. The van der Waals surface area contributed by atoms with Crippen molar-refractivity contribution in [2.75, 3.05) is 6.61 Å². The molecular weight excluding hydrogens is 428 g/mol. The quantitative estimate of drug-likeness (QED) is 0.361. The Balaban J connectivity index is 1.35. The summed E-state index contributed by atoms with van der Waals surface area (Å²) in [6.07, 6.45) is 8.36. The van der Waals surface area contributed by atoms with Crippen LogP contribution in [-0.4, -0.2) is 31.5 Å². The third-order valence-electron chi connectivity index (χ3n) is 4.86. The first-order valence-corrected chi connectivity index (χ1v) is 9.87. The van der Waals surface area contributed by atoms with Gasteiger partial charge >= 0.3 is 0 Å². The van der Waals surface area contributed by atoms with Gasteiger partial charge in [0.15, 0.2) is 23.2 Å². The molecule has 0 bridgehead atoms. The fourth-order valence-electron chi connectivity index (χ4n) is 3.27. The molecule has 9 heteroatoms. The number of aromatic nitrogens is 5. The molecule has 0 spiro atoms. The Morgan fingerprint density at radius 2 is 1.85 bits per heavy atom. The van der Waals surface area contributed by atoms with Crippen LogP contribution in [0.1, 0.15) is 5.76 Å². The molecule has 0 saturated carbocycles. The molecule has 2 aliphatic rings. The van der Waals surface area contributed by atoms with E-state index in [0.717, 1.165) is 11.6 Å². The number of nitrogens with zero attached hydrogens (tertiary/aromatic N) is 5. The summed E-state index contributed by atoms with van der Waals surface area (Å²) in [5.74, 6) is 1.81. The van der Waals surface area contributed by atoms with E-state index in [1.807, 2.05) is 12.1 Å². The summed E-state index contributed by atoms with van der Waals surface area (Å²) >= 11 is 0. The highest BCUT2D eigenvalue weighted by Gasteiger charge is 2.18. The highest BCUT2D eigenvalue weighted by Crippen LogP contribution is 2.27. The van der Waals surface area contributed by atoms with Gasteiger partial charge in [-0.25, -0.2) is 18.7 Å². The van der Waals surface area contributed by atoms with E-state index >= 15 is 0 Å². The minimum absolute atomic E-state index is 0.00617. The minimum atomic E-state index is -0.988. The number of ether oxygens (including phenoxy) is 1. The van der Waals surface area contributed by atoms with Crippen molar-refractivity contribution in [2.24, 2.45) is 0 Å². The Morgan fingerprint density at radius 3 is 2.67 bits per heavy atom. The van der Waals surface area contributed by atoms with Crippen LogP contribution in [0.5, 0.6) is 5.75 Å². The van der Waals surface area contributed by atoms with Gasteiger partial charge in [0, 0.05) is 11.6 Å². The summed E-state index contributed by atoms with van der Waals surface area (Å²) in [5.41, 5.74) is 2.47. The second-order valence-corrected chi connectivity index (χ2v) is 7.09. The molecule has 1 aromatic heterocycles. The van der Waals surface area contributed by atoms with Gasteiger partial charge < -0.3 is 9.26 Å². The van der Waals surface area contributed by atoms with Gasteiger partial charge in [0.1, 0.15) is 36.0 Å². The summed E-state index contributed by atoms with van der Waals surface area (Å²) in [5, 5.41) is 8.40. The highest BCUT2D eigenvalue weighted by atomic mass is 19.2. The predicted octanol–water partition coefficient (Wildman–Crippen LogP) is 4.44. The Hall–Kier alpha value is -4.58. The molecule has 162 valence electrons. The summed E-state index contributed by atoms with van der Waals surface area (Å²) in [4.78, 5) is 8.57. The van der Waals surface area contributed by atoms with Crippen LogP contribution in [0.2, 0.25) is 0 Å². The molecule has 3 heterocycles. The maximum Gasteiger partial charge on any atom is 0.169 e. The van der Waals surface area contributed by atoms with Crippen molar-refractivity contribution < 1.29 is 18.0 Å². The van der Waals surface area contributed by atoms with Gasteiger partial charge in [-0.3, -0.25) is 4.68 Å². The topological polar surface area (TPSA) is 78.9 Å². The maximum atomic E-state index is 14.1. The van der Waals surface area contributed by atoms with Gasteiger partial charge in [-0.2, -0.15) is 5.10 Å². The van der Waals surface area contributed by atoms with E-state index in [0.29, 0.717) is 35.1 Å². The van der Waals surface area contributed by atoms with Crippen LogP contribution < -0.4 is 4.74 Å². The smallest absolute Gasteiger partial charge is 0.169 e. The summed E-state index contributed by atoms with van der Waals surface area (Å²) in [7, 11) is 0. The number of terminal acetylenes is 1. The third-order valence-corrected chi connectivity index (χ3v) is 4.86. The number of rotatable bonds is 6. The molecule has 0 aliphatic carbocycles.